The first-order chi connectivity index (χ1) is 9.70. The van der Waals surface area contributed by atoms with Crippen LogP contribution in [0.1, 0.15) is 19.6 Å². The van der Waals surface area contributed by atoms with Crippen molar-refractivity contribution >= 4 is 41.7 Å². The first kappa shape index (κ1) is 18.7. The van der Waals surface area contributed by atoms with Crippen LogP contribution in [-0.2, 0) is 6.42 Å². The molecule has 2 heterocycles. The van der Waals surface area contributed by atoms with E-state index in [9.17, 15) is 0 Å². The molecule has 1 unspecified atom stereocenters. The normalized spacial score (nSPS) is 19.5. The van der Waals surface area contributed by atoms with Crippen molar-refractivity contribution in [2.24, 2.45) is 10.9 Å². The Bertz CT molecular complexity index is 423. The minimum Gasteiger partial charge on any atom is -0.469 e. The van der Waals surface area contributed by atoms with Gasteiger partial charge in [0, 0.05) is 44.1 Å². The monoisotopic (exact) mass is 423 g/mol. The molecule has 0 spiro atoms. The lowest BCUT2D eigenvalue weighted by molar-refractivity contribution is 0.380. The van der Waals surface area contributed by atoms with Crippen molar-refractivity contribution in [3.8, 4) is 0 Å². The second kappa shape index (κ2) is 9.61. The summed E-state index contributed by atoms with van der Waals surface area (Å²) in [5, 5.41) is 4.14. The molecule has 6 heteroatoms. The van der Waals surface area contributed by atoms with Crippen molar-refractivity contribution < 1.29 is 4.42 Å². The topological polar surface area (TPSA) is 40.8 Å². The Morgan fingerprint density at radius 2 is 2.38 bits per heavy atom. The molecule has 0 aromatic carbocycles. The smallest absolute Gasteiger partial charge is 0.193 e. The van der Waals surface area contributed by atoms with Crippen LogP contribution < -0.4 is 5.32 Å². The summed E-state index contributed by atoms with van der Waals surface area (Å²) in [5.41, 5.74) is 0. The third-order valence-electron chi connectivity index (χ3n) is 3.58. The summed E-state index contributed by atoms with van der Waals surface area (Å²) in [5.74, 6) is 3.93. The lowest BCUT2D eigenvalue weighted by Crippen LogP contribution is -2.49. The van der Waals surface area contributed by atoms with Crippen molar-refractivity contribution in [3.63, 3.8) is 0 Å². The van der Waals surface area contributed by atoms with E-state index in [2.05, 4.69) is 40.8 Å². The van der Waals surface area contributed by atoms with E-state index in [1.807, 2.05) is 19.2 Å². The molecule has 0 bridgehead atoms. The van der Waals surface area contributed by atoms with Gasteiger partial charge >= 0.3 is 0 Å². The summed E-state index contributed by atoms with van der Waals surface area (Å²) in [6.45, 7) is 7.62. The lowest BCUT2D eigenvalue weighted by atomic mass is 10.1. The molecule has 1 N–H and O–H groups in total. The predicted octanol–water partition coefficient (Wildman–Crippen LogP) is 3.09. The third kappa shape index (κ3) is 5.73. The zero-order valence-electron chi connectivity index (χ0n) is 13.0. The van der Waals surface area contributed by atoms with Crippen LogP contribution >= 0.6 is 35.7 Å². The highest BCUT2D eigenvalue weighted by molar-refractivity contribution is 14.0. The van der Waals surface area contributed by atoms with Gasteiger partial charge in [-0.25, -0.2) is 0 Å². The fourth-order valence-electron chi connectivity index (χ4n) is 2.36. The molecular weight excluding hydrogens is 397 g/mol. The third-order valence-corrected chi connectivity index (χ3v) is 5.12. The summed E-state index contributed by atoms with van der Waals surface area (Å²) < 4.78 is 5.35. The second-order valence-corrected chi connectivity index (χ2v) is 6.75. The number of hydrogen-bond acceptors (Lipinski definition) is 3. The molecule has 1 atom stereocenters. The second-order valence-electron chi connectivity index (χ2n) is 5.40. The lowest BCUT2D eigenvalue weighted by Gasteiger charge is -2.36. The van der Waals surface area contributed by atoms with Crippen LogP contribution in [0.15, 0.2) is 27.8 Å². The number of nitrogens with zero attached hydrogens (tertiary/aromatic N) is 2. The van der Waals surface area contributed by atoms with E-state index in [0.717, 1.165) is 37.8 Å². The van der Waals surface area contributed by atoms with Gasteiger partial charge < -0.3 is 14.6 Å². The average molecular weight is 423 g/mol. The van der Waals surface area contributed by atoms with E-state index in [1.54, 1.807) is 6.26 Å². The molecule has 1 aromatic heterocycles. The van der Waals surface area contributed by atoms with Gasteiger partial charge in [0.25, 0.3) is 0 Å². The quantitative estimate of drug-likeness (QED) is 0.459. The maximum Gasteiger partial charge on any atom is 0.193 e. The molecule has 1 aliphatic rings. The van der Waals surface area contributed by atoms with E-state index in [0.29, 0.717) is 11.2 Å². The number of halogens is 1. The number of hydrogen-bond donors (Lipinski definition) is 1. The summed E-state index contributed by atoms with van der Waals surface area (Å²) in [6, 6.07) is 3.94. The van der Waals surface area contributed by atoms with Crippen LogP contribution in [0.3, 0.4) is 0 Å². The molecule has 0 aliphatic carbocycles. The Hall–Kier alpha value is -0.370. The molecule has 1 fully saturated rings. The van der Waals surface area contributed by atoms with Crippen molar-refractivity contribution in [2.45, 2.75) is 25.5 Å². The molecule has 1 aliphatic heterocycles. The average Bonchev–Trinajstić information content (AvgIpc) is 2.97. The minimum absolute atomic E-state index is 0. The first-order valence-corrected chi connectivity index (χ1v) is 8.35. The van der Waals surface area contributed by atoms with Crippen LogP contribution in [-0.4, -0.2) is 48.5 Å². The first-order valence-electron chi connectivity index (χ1n) is 7.30. The fourth-order valence-corrected chi connectivity index (χ4v) is 3.65. The Kier molecular flexibility index (Phi) is 8.55. The van der Waals surface area contributed by atoms with Gasteiger partial charge in [0.1, 0.15) is 5.76 Å². The molecule has 2 rings (SSSR count). The molecule has 1 aromatic rings. The SMILES string of the molecule is CN=C(NCCc1ccco1)N1CCSC(C(C)C)C1.I. The van der Waals surface area contributed by atoms with Crippen molar-refractivity contribution in [1.29, 1.82) is 0 Å². The minimum atomic E-state index is 0. The number of rotatable bonds is 4. The number of guanidine groups is 1. The molecule has 120 valence electrons. The van der Waals surface area contributed by atoms with Crippen molar-refractivity contribution in [2.75, 3.05) is 32.4 Å². The Labute approximate surface area is 149 Å². The molecule has 1 saturated heterocycles. The summed E-state index contributed by atoms with van der Waals surface area (Å²) in [4.78, 5) is 6.79. The zero-order valence-corrected chi connectivity index (χ0v) is 16.2. The van der Waals surface area contributed by atoms with Crippen molar-refractivity contribution in [1.82, 2.24) is 10.2 Å². The number of nitrogens with one attached hydrogen (secondary N) is 1. The highest BCUT2D eigenvalue weighted by Gasteiger charge is 2.24. The number of furan rings is 1. The summed E-state index contributed by atoms with van der Waals surface area (Å²) >= 11 is 2.09. The highest BCUT2D eigenvalue weighted by atomic mass is 127. The van der Waals surface area contributed by atoms with Gasteiger partial charge in [-0.15, -0.1) is 24.0 Å². The van der Waals surface area contributed by atoms with E-state index < -0.39 is 0 Å². The van der Waals surface area contributed by atoms with E-state index in [-0.39, 0.29) is 24.0 Å². The van der Waals surface area contributed by atoms with Gasteiger partial charge in [-0.3, -0.25) is 4.99 Å². The van der Waals surface area contributed by atoms with Crippen LogP contribution in [0.4, 0.5) is 0 Å². The van der Waals surface area contributed by atoms with Crippen LogP contribution in [0, 0.1) is 5.92 Å². The summed E-state index contributed by atoms with van der Waals surface area (Å²) in [7, 11) is 1.86. The highest BCUT2D eigenvalue weighted by Crippen LogP contribution is 2.24. The molecule has 4 nitrogen and oxygen atoms in total. The summed E-state index contributed by atoms with van der Waals surface area (Å²) in [6.07, 6.45) is 2.61. The van der Waals surface area contributed by atoms with Crippen LogP contribution in [0.25, 0.3) is 0 Å². The van der Waals surface area contributed by atoms with Gasteiger partial charge in [0.2, 0.25) is 0 Å². The van der Waals surface area contributed by atoms with E-state index in [4.69, 9.17) is 4.42 Å². The number of aliphatic imine (C=N–C) groups is 1. The maximum atomic E-state index is 5.35. The zero-order chi connectivity index (χ0) is 14.4. The Morgan fingerprint density at radius 3 is 3.00 bits per heavy atom. The van der Waals surface area contributed by atoms with Gasteiger partial charge in [-0.2, -0.15) is 11.8 Å². The Balaban J connectivity index is 0.00000220. The molecule has 21 heavy (non-hydrogen) atoms. The van der Waals surface area contributed by atoms with Crippen molar-refractivity contribution in [3.05, 3.63) is 24.2 Å². The largest absolute Gasteiger partial charge is 0.469 e. The maximum absolute atomic E-state index is 5.35. The van der Waals surface area contributed by atoms with Crippen LogP contribution in [0.2, 0.25) is 0 Å². The molecule has 0 radical (unpaired) electrons. The molecule has 0 saturated carbocycles. The molecule has 0 amide bonds. The van der Waals surface area contributed by atoms with Gasteiger partial charge in [0.15, 0.2) is 5.96 Å². The van der Waals surface area contributed by atoms with Gasteiger partial charge in [0.05, 0.1) is 6.26 Å². The van der Waals surface area contributed by atoms with E-state index >= 15 is 0 Å². The van der Waals surface area contributed by atoms with Gasteiger partial charge in [-0.05, 0) is 18.1 Å². The van der Waals surface area contributed by atoms with Gasteiger partial charge in [-0.1, -0.05) is 13.8 Å². The standard InChI is InChI=1S/C15H25N3OS.HI/c1-12(2)14-11-18(8-10-20-14)15(16-3)17-7-6-13-5-4-9-19-13;/h4-5,9,12,14H,6-8,10-11H2,1-3H3,(H,16,17);1H. The van der Waals surface area contributed by atoms with Crippen LogP contribution in [0.5, 0.6) is 0 Å². The fraction of sp³-hybridized carbons (Fsp3) is 0.667. The number of thioether (sulfide) groups is 1. The van der Waals surface area contributed by atoms with E-state index in [1.165, 1.54) is 5.75 Å². The molecular formula is C15H26IN3OS. The Morgan fingerprint density at radius 1 is 1.57 bits per heavy atom. The predicted molar refractivity (Wildman–Crippen MR) is 102 cm³/mol.